The van der Waals surface area contributed by atoms with Crippen molar-refractivity contribution in [1.29, 1.82) is 0 Å². The third-order valence-electron chi connectivity index (χ3n) is 2.57. The Hall–Kier alpha value is -2.01. The highest BCUT2D eigenvalue weighted by molar-refractivity contribution is 5.95. The average Bonchev–Trinajstić information content (AvgIpc) is 2.45. The number of anilines is 1. The summed E-state index contributed by atoms with van der Waals surface area (Å²) in [5.41, 5.74) is 6.79. The van der Waals surface area contributed by atoms with Crippen LogP contribution in [0.4, 0.5) is 5.69 Å². The molecule has 0 atom stereocenters. The SMILES string of the molecule is C=CCCOCCNC(=O)c1ccc(OCC)c(N)c1. The van der Waals surface area contributed by atoms with E-state index in [1.54, 1.807) is 24.3 Å². The number of carbonyl (C=O) groups excluding carboxylic acids is 1. The molecule has 1 aromatic carbocycles. The van der Waals surface area contributed by atoms with Gasteiger partial charge in [-0.25, -0.2) is 0 Å². The number of hydrogen-bond donors (Lipinski definition) is 2. The Labute approximate surface area is 119 Å². The van der Waals surface area contributed by atoms with Gasteiger partial charge in [0.1, 0.15) is 5.75 Å². The van der Waals surface area contributed by atoms with Gasteiger partial charge in [0.25, 0.3) is 5.91 Å². The first-order chi connectivity index (χ1) is 9.69. The first kappa shape index (κ1) is 16.0. The average molecular weight is 278 g/mol. The molecule has 0 saturated heterocycles. The van der Waals surface area contributed by atoms with Gasteiger partial charge >= 0.3 is 0 Å². The maximum absolute atomic E-state index is 11.9. The van der Waals surface area contributed by atoms with Crippen LogP contribution in [0.15, 0.2) is 30.9 Å². The predicted octanol–water partition coefficient (Wildman–Crippen LogP) is 1.99. The van der Waals surface area contributed by atoms with Gasteiger partial charge < -0.3 is 20.5 Å². The van der Waals surface area contributed by atoms with Gasteiger partial charge in [0.2, 0.25) is 0 Å². The van der Waals surface area contributed by atoms with Crippen LogP contribution < -0.4 is 15.8 Å². The topological polar surface area (TPSA) is 73.6 Å². The smallest absolute Gasteiger partial charge is 0.251 e. The maximum Gasteiger partial charge on any atom is 0.251 e. The number of ether oxygens (including phenoxy) is 2. The van der Waals surface area contributed by atoms with Gasteiger partial charge in [-0.15, -0.1) is 6.58 Å². The normalized spacial score (nSPS) is 10.1. The fourth-order valence-electron chi connectivity index (χ4n) is 1.58. The summed E-state index contributed by atoms with van der Waals surface area (Å²) in [4.78, 5) is 11.9. The summed E-state index contributed by atoms with van der Waals surface area (Å²) in [7, 11) is 0. The van der Waals surface area contributed by atoms with Crippen molar-refractivity contribution in [2.75, 3.05) is 32.1 Å². The van der Waals surface area contributed by atoms with Gasteiger partial charge in [-0.2, -0.15) is 0 Å². The van der Waals surface area contributed by atoms with Gasteiger partial charge in [0, 0.05) is 12.1 Å². The quantitative estimate of drug-likeness (QED) is 0.411. The maximum atomic E-state index is 11.9. The molecule has 0 bridgehead atoms. The molecule has 3 N–H and O–H groups in total. The van der Waals surface area contributed by atoms with Crippen molar-refractivity contribution in [3.05, 3.63) is 36.4 Å². The van der Waals surface area contributed by atoms with Crippen molar-refractivity contribution in [2.45, 2.75) is 13.3 Å². The molecule has 1 rings (SSSR count). The minimum atomic E-state index is -0.174. The zero-order valence-corrected chi connectivity index (χ0v) is 11.9. The molecule has 0 spiro atoms. The Kier molecular flexibility index (Phi) is 7.21. The predicted molar refractivity (Wildman–Crippen MR) is 80.0 cm³/mol. The lowest BCUT2D eigenvalue weighted by Gasteiger charge is -2.09. The number of nitrogens with one attached hydrogen (secondary N) is 1. The third-order valence-corrected chi connectivity index (χ3v) is 2.57. The van der Waals surface area contributed by atoms with Gasteiger partial charge in [0.15, 0.2) is 0 Å². The summed E-state index contributed by atoms with van der Waals surface area (Å²) >= 11 is 0. The third kappa shape index (κ3) is 5.32. The van der Waals surface area contributed by atoms with Crippen LogP contribution in [0.3, 0.4) is 0 Å². The van der Waals surface area contributed by atoms with Gasteiger partial charge in [-0.05, 0) is 31.5 Å². The van der Waals surface area contributed by atoms with E-state index in [9.17, 15) is 4.79 Å². The fraction of sp³-hybridized carbons (Fsp3) is 0.400. The lowest BCUT2D eigenvalue weighted by Crippen LogP contribution is -2.27. The first-order valence-corrected chi connectivity index (χ1v) is 6.68. The number of carbonyl (C=O) groups is 1. The summed E-state index contributed by atoms with van der Waals surface area (Å²) in [6.45, 7) is 7.58. The van der Waals surface area contributed by atoms with Crippen LogP contribution in [0.25, 0.3) is 0 Å². The summed E-state index contributed by atoms with van der Waals surface area (Å²) < 4.78 is 10.6. The molecule has 110 valence electrons. The molecule has 0 aliphatic heterocycles. The van der Waals surface area contributed by atoms with Crippen LogP contribution in [0.2, 0.25) is 0 Å². The Balaban J connectivity index is 2.39. The largest absolute Gasteiger partial charge is 0.492 e. The number of hydrogen-bond acceptors (Lipinski definition) is 4. The lowest BCUT2D eigenvalue weighted by atomic mass is 10.2. The molecule has 5 heteroatoms. The van der Waals surface area contributed by atoms with E-state index in [0.717, 1.165) is 6.42 Å². The highest BCUT2D eigenvalue weighted by atomic mass is 16.5. The van der Waals surface area contributed by atoms with E-state index in [-0.39, 0.29) is 5.91 Å². The highest BCUT2D eigenvalue weighted by Gasteiger charge is 2.08. The number of rotatable bonds is 9. The molecular formula is C15H22N2O3. The first-order valence-electron chi connectivity index (χ1n) is 6.68. The molecule has 1 aromatic rings. The van der Waals surface area contributed by atoms with E-state index >= 15 is 0 Å². The van der Waals surface area contributed by atoms with Crippen LogP contribution >= 0.6 is 0 Å². The van der Waals surface area contributed by atoms with Crippen LogP contribution in [-0.4, -0.2) is 32.3 Å². The molecule has 0 heterocycles. The number of benzene rings is 1. The molecule has 0 aliphatic carbocycles. The Morgan fingerprint density at radius 2 is 2.25 bits per heavy atom. The van der Waals surface area contributed by atoms with Crippen LogP contribution in [0, 0.1) is 0 Å². The zero-order chi connectivity index (χ0) is 14.8. The van der Waals surface area contributed by atoms with Crippen molar-refractivity contribution in [2.24, 2.45) is 0 Å². The van der Waals surface area contributed by atoms with Crippen molar-refractivity contribution in [1.82, 2.24) is 5.32 Å². The monoisotopic (exact) mass is 278 g/mol. The summed E-state index contributed by atoms with van der Waals surface area (Å²) in [6, 6.07) is 5.00. The fourth-order valence-corrected chi connectivity index (χ4v) is 1.58. The molecule has 0 aromatic heterocycles. The van der Waals surface area contributed by atoms with Crippen molar-refractivity contribution >= 4 is 11.6 Å². The summed E-state index contributed by atoms with van der Waals surface area (Å²) in [5.74, 6) is 0.420. The van der Waals surface area contributed by atoms with Crippen molar-refractivity contribution in [3.63, 3.8) is 0 Å². The Bertz CT molecular complexity index is 447. The summed E-state index contributed by atoms with van der Waals surface area (Å²) in [6.07, 6.45) is 2.60. The lowest BCUT2D eigenvalue weighted by molar-refractivity contribution is 0.0918. The van der Waals surface area contributed by atoms with E-state index < -0.39 is 0 Å². The molecule has 0 saturated carbocycles. The second kappa shape index (κ2) is 8.98. The molecular weight excluding hydrogens is 256 g/mol. The van der Waals surface area contributed by atoms with E-state index in [0.29, 0.717) is 43.4 Å². The van der Waals surface area contributed by atoms with Gasteiger partial charge in [-0.1, -0.05) is 6.08 Å². The molecule has 1 amide bonds. The standard InChI is InChI=1S/C15H22N2O3/c1-3-5-9-19-10-8-17-15(18)12-6-7-14(20-4-2)13(16)11-12/h3,6-7,11H,1,4-5,8-10,16H2,2H3,(H,17,18). The van der Waals surface area contributed by atoms with Gasteiger partial charge in [0.05, 0.1) is 25.5 Å². The molecule has 20 heavy (non-hydrogen) atoms. The Morgan fingerprint density at radius 1 is 1.45 bits per heavy atom. The molecule has 5 nitrogen and oxygen atoms in total. The minimum absolute atomic E-state index is 0.174. The van der Waals surface area contributed by atoms with Crippen LogP contribution in [0.1, 0.15) is 23.7 Å². The van der Waals surface area contributed by atoms with Gasteiger partial charge in [-0.3, -0.25) is 4.79 Å². The van der Waals surface area contributed by atoms with Crippen molar-refractivity contribution < 1.29 is 14.3 Å². The molecule has 0 unspecified atom stereocenters. The molecule has 0 fully saturated rings. The van der Waals surface area contributed by atoms with E-state index in [1.165, 1.54) is 0 Å². The molecule has 0 aliphatic rings. The second-order valence-electron chi connectivity index (χ2n) is 4.13. The second-order valence-corrected chi connectivity index (χ2v) is 4.13. The van der Waals surface area contributed by atoms with Crippen LogP contribution in [0.5, 0.6) is 5.75 Å². The van der Waals surface area contributed by atoms with Crippen molar-refractivity contribution in [3.8, 4) is 5.75 Å². The summed E-state index contributed by atoms with van der Waals surface area (Å²) in [5, 5.41) is 2.77. The van der Waals surface area contributed by atoms with E-state index in [1.807, 2.05) is 6.92 Å². The minimum Gasteiger partial charge on any atom is -0.492 e. The van der Waals surface area contributed by atoms with Crippen LogP contribution in [-0.2, 0) is 4.74 Å². The number of amides is 1. The highest BCUT2D eigenvalue weighted by Crippen LogP contribution is 2.22. The zero-order valence-electron chi connectivity index (χ0n) is 11.9. The number of nitrogens with two attached hydrogens (primary N) is 1. The van der Waals surface area contributed by atoms with E-state index in [2.05, 4.69) is 11.9 Å². The molecule has 0 radical (unpaired) electrons. The Morgan fingerprint density at radius 3 is 2.90 bits per heavy atom. The number of nitrogen functional groups attached to an aromatic ring is 1. The van der Waals surface area contributed by atoms with E-state index in [4.69, 9.17) is 15.2 Å².